The molecular formula is C58H38N4O. The van der Waals surface area contributed by atoms with Gasteiger partial charge in [-0.05, 0) is 112 Å². The maximum atomic E-state index is 6.10. The molecule has 0 atom stereocenters. The van der Waals surface area contributed by atoms with E-state index in [1.807, 2.05) is 54.6 Å². The van der Waals surface area contributed by atoms with Gasteiger partial charge in [-0.15, -0.1) is 0 Å². The molecule has 63 heavy (non-hydrogen) atoms. The minimum Gasteiger partial charge on any atom is -0.436 e. The third-order valence-electron chi connectivity index (χ3n) is 12.4. The number of para-hydroxylation sites is 5. The first-order valence-electron chi connectivity index (χ1n) is 21.3. The van der Waals surface area contributed by atoms with E-state index in [9.17, 15) is 0 Å². The number of rotatable bonds is 8. The van der Waals surface area contributed by atoms with Crippen LogP contribution in [0.4, 0.5) is 17.1 Å². The Morgan fingerprint density at radius 3 is 1.46 bits per heavy atom. The molecule has 5 heteroatoms. The van der Waals surface area contributed by atoms with Gasteiger partial charge < -0.3 is 9.32 Å². The Bertz CT molecular complexity index is 3360. The van der Waals surface area contributed by atoms with Crippen LogP contribution in [0.15, 0.2) is 235 Å². The molecule has 0 bridgehead atoms. The van der Waals surface area contributed by atoms with Gasteiger partial charge in [-0.2, -0.15) is 0 Å². The highest BCUT2D eigenvalue weighted by atomic mass is 16.3. The van der Waals surface area contributed by atoms with Crippen molar-refractivity contribution in [2.45, 2.75) is 5.41 Å². The van der Waals surface area contributed by atoms with Crippen LogP contribution in [0, 0.1) is 0 Å². The molecule has 0 amide bonds. The molecule has 2 aromatic heterocycles. The topological polar surface area (TPSA) is 55.1 Å². The number of hydrogen-bond donors (Lipinski definition) is 0. The molecule has 12 rings (SSSR count). The van der Waals surface area contributed by atoms with Crippen molar-refractivity contribution < 1.29 is 4.42 Å². The first-order chi connectivity index (χ1) is 31.2. The Hall–Kier alpha value is -8.41. The van der Waals surface area contributed by atoms with Gasteiger partial charge in [0, 0.05) is 33.8 Å². The molecular weight excluding hydrogens is 769 g/mol. The summed E-state index contributed by atoms with van der Waals surface area (Å²) in [5.41, 5.74) is 17.9. The molecule has 0 radical (unpaired) electrons. The van der Waals surface area contributed by atoms with Crippen LogP contribution in [0.2, 0.25) is 0 Å². The molecule has 296 valence electrons. The third-order valence-corrected chi connectivity index (χ3v) is 12.4. The van der Waals surface area contributed by atoms with Crippen molar-refractivity contribution in [2.75, 3.05) is 4.90 Å². The number of fused-ring (bicyclic) bond motifs is 5. The van der Waals surface area contributed by atoms with Crippen molar-refractivity contribution in [1.29, 1.82) is 0 Å². The van der Waals surface area contributed by atoms with Crippen LogP contribution >= 0.6 is 0 Å². The van der Waals surface area contributed by atoms with Gasteiger partial charge in [0.2, 0.25) is 5.89 Å². The molecule has 9 aromatic carbocycles. The van der Waals surface area contributed by atoms with Gasteiger partial charge in [-0.25, -0.2) is 15.0 Å². The molecule has 1 aliphatic rings. The first-order valence-corrected chi connectivity index (χ1v) is 21.3. The van der Waals surface area contributed by atoms with Crippen LogP contribution < -0.4 is 4.90 Å². The van der Waals surface area contributed by atoms with Crippen LogP contribution in [0.25, 0.3) is 67.2 Å². The lowest BCUT2D eigenvalue weighted by atomic mass is 9.67. The fourth-order valence-electron chi connectivity index (χ4n) is 9.54. The Kier molecular flexibility index (Phi) is 8.64. The quantitative estimate of drug-likeness (QED) is 0.153. The SMILES string of the molecule is c1ccc(N(c2ccc(-c3nc4ccccc4o3)cc2)c2ccc(-c3nc4ccccc4nc3-c3ccc4c(c3)C(c3ccccc3)(c3ccccc3)c3ccccc3-4)cc2)cc1. The van der Waals surface area contributed by atoms with E-state index in [1.165, 1.54) is 33.4 Å². The Morgan fingerprint density at radius 1 is 0.349 bits per heavy atom. The molecule has 0 unspecified atom stereocenters. The molecule has 0 spiro atoms. The smallest absolute Gasteiger partial charge is 0.227 e. The highest BCUT2D eigenvalue weighted by Crippen LogP contribution is 2.57. The lowest BCUT2D eigenvalue weighted by Gasteiger charge is -2.34. The van der Waals surface area contributed by atoms with Crippen LogP contribution in [0.3, 0.4) is 0 Å². The van der Waals surface area contributed by atoms with Crippen molar-refractivity contribution in [3.63, 3.8) is 0 Å². The summed E-state index contributed by atoms with van der Waals surface area (Å²) in [6, 6.07) is 81.1. The maximum Gasteiger partial charge on any atom is 0.227 e. The molecule has 0 saturated carbocycles. The van der Waals surface area contributed by atoms with Crippen LogP contribution in [-0.4, -0.2) is 15.0 Å². The molecule has 5 nitrogen and oxygen atoms in total. The second-order valence-electron chi connectivity index (χ2n) is 15.9. The van der Waals surface area contributed by atoms with E-state index in [1.54, 1.807) is 0 Å². The lowest BCUT2D eigenvalue weighted by Crippen LogP contribution is -2.28. The summed E-state index contributed by atoms with van der Waals surface area (Å²) in [5, 5.41) is 0. The predicted molar refractivity (Wildman–Crippen MR) is 255 cm³/mol. The summed E-state index contributed by atoms with van der Waals surface area (Å²) in [4.78, 5) is 17.8. The summed E-state index contributed by atoms with van der Waals surface area (Å²) in [6.07, 6.45) is 0. The van der Waals surface area contributed by atoms with Gasteiger partial charge in [0.1, 0.15) is 5.52 Å². The van der Waals surface area contributed by atoms with E-state index in [4.69, 9.17) is 19.4 Å². The summed E-state index contributed by atoms with van der Waals surface area (Å²) < 4.78 is 6.10. The van der Waals surface area contributed by atoms with Crippen LogP contribution in [0.1, 0.15) is 22.3 Å². The fraction of sp³-hybridized carbons (Fsp3) is 0.0172. The maximum absolute atomic E-state index is 6.10. The molecule has 0 fully saturated rings. The largest absolute Gasteiger partial charge is 0.436 e. The summed E-state index contributed by atoms with van der Waals surface area (Å²) in [7, 11) is 0. The van der Waals surface area contributed by atoms with Gasteiger partial charge >= 0.3 is 0 Å². The number of oxazole rings is 1. The van der Waals surface area contributed by atoms with Gasteiger partial charge in [0.15, 0.2) is 5.58 Å². The Morgan fingerprint density at radius 2 is 0.825 bits per heavy atom. The number of nitrogens with zero attached hydrogens (tertiary/aromatic N) is 4. The molecule has 1 aliphatic carbocycles. The van der Waals surface area contributed by atoms with Crippen molar-refractivity contribution >= 4 is 39.2 Å². The van der Waals surface area contributed by atoms with Gasteiger partial charge in [-0.1, -0.05) is 152 Å². The number of benzene rings is 9. The van der Waals surface area contributed by atoms with E-state index < -0.39 is 5.41 Å². The minimum absolute atomic E-state index is 0.530. The van der Waals surface area contributed by atoms with Gasteiger partial charge in [0.05, 0.1) is 27.8 Å². The van der Waals surface area contributed by atoms with Crippen LogP contribution in [0.5, 0.6) is 0 Å². The first kappa shape index (κ1) is 36.4. The highest BCUT2D eigenvalue weighted by molar-refractivity contribution is 5.92. The third kappa shape index (κ3) is 6.05. The summed E-state index contributed by atoms with van der Waals surface area (Å²) in [6.45, 7) is 0. The second kappa shape index (κ2) is 14.9. The van der Waals surface area contributed by atoms with Crippen molar-refractivity contribution in [1.82, 2.24) is 15.0 Å². The number of aromatic nitrogens is 3. The van der Waals surface area contributed by atoms with Crippen molar-refractivity contribution in [3.8, 4) is 45.1 Å². The monoisotopic (exact) mass is 806 g/mol. The van der Waals surface area contributed by atoms with Gasteiger partial charge in [0.25, 0.3) is 0 Å². The van der Waals surface area contributed by atoms with E-state index in [-0.39, 0.29) is 0 Å². The zero-order chi connectivity index (χ0) is 41.7. The molecule has 0 N–H and O–H groups in total. The standard InChI is InChI=1S/C58H38N4O/c1-4-16-42(17-5-1)58(43-18-6-2-7-19-43)49-23-11-10-22-47(49)48-37-32-41(38-50(48)58)56-55(59-51-24-12-13-25-52(51)60-56)39-28-33-45(34-29-39)62(44-20-8-3-9-21-44)46-35-30-40(31-36-46)57-61-53-26-14-15-27-54(53)63-57/h1-38H. The van der Waals surface area contributed by atoms with Crippen LogP contribution in [-0.2, 0) is 5.41 Å². The fourth-order valence-corrected chi connectivity index (χ4v) is 9.54. The summed E-state index contributed by atoms with van der Waals surface area (Å²) >= 11 is 0. The zero-order valence-corrected chi connectivity index (χ0v) is 34.1. The Balaban J connectivity index is 0.985. The minimum atomic E-state index is -0.530. The highest BCUT2D eigenvalue weighted by Gasteiger charge is 2.46. The predicted octanol–water partition coefficient (Wildman–Crippen LogP) is 14.6. The Labute approximate surface area is 365 Å². The van der Waals surface area contributed by atoms with E-state index in [0.29, 0.717) is 5.89 Å². The van der Waals surface area contributed by atoms with E-state index in [0.717, 1.165) is 67.3 Å². The molecule has 0 saturated heterocycles. The average molecular weight is 807 g/mol. The van der Waals surface area contributed by atoms with Crippen molar-refractivity contribution in [2.24, 2.45) is 0 Å². The van der Waals surface area contributed by atoms with Gasteiger partial charge in [-0.3, -0.25) is 0 Å². The number of anilines is 3. The molecule has 11 aromatic rings. The zero-order valence-electron chi connectivity index (χ0n) is 34.1. The number of hydrogen-bond acceptors (Lipinski definition) is 5. The van der Waals surface area contributed by atoms with E-state index in [2.05, 4.69) is 181 Å². The molecule has 2 heterocycles. The van der Waals surface area contributed by atoms with Crippen molar-refractivity contribution in [3.05, 3.63) is 253 Å². The summed E-state index contributed by atoms with van der Waals surface area (Å²) in [5.74, 6) is 0.601. The average Bonchev–Trinajstić information content (AvgIpc) is 3.93. The second-order valence-corrected chi connectivity index (χ2v) is 15.9. The molecule has 0 aliphatic heterocycles. The lowest BCUT2D eigenvalue weighted by molar-refractivity contribution is 0.620. The normalized spacial score (nSPS) is 12.6. The van der Waals surface area contributed by atoms with E-state index >= 15 is 0 Å².